The second-order valence-electron chi connectivity index (χ2n) is 4.55. The molecule has 14 heavy (non-hydrogen) atoms. The molecule has 1 heterocycles. The van der Waals surface area contributed by atoms with Crippen molar-refractivity contribution in [1.29, 1.82) is 0 Å². The van der Waals surface area contributed by atoms with Gasteiger partial charge in [0.15, 0.2) is 0 Å². The molecular weight excluding hydrogens is 220 g/mol. The van der Waals surface area contributed by atoms with E-state index in [0.717, 1.165) is 18.2 Å². The van der Waals surface area contributed by atoms with E-state index in [9.17, 15) is 4.79 Å². The van der Waals surface area contributed by atoms with Crippen molar-refractivity contribution in [3.63, 3.8) is 0 Å². The summed E-state index contributed by atoms with van der Waals surface area (Å²) in [5, 5.41) is 6.09. The summed E-state index contributed by atoms with van der Waals surface area (Å²) in [6, 6.07) is 0.0207. The van der Waals surface area contributed by atoms with E-state index in [0.29, 0.717) is 0 Å². The molecule has 2 N–H and O–H groups in total. The van der Waals surface area contributed by atoms with Crippen molar-refractivity contribution in [3.05, 3.63) is 0 Å². The largest absolute Gasteiger partial charge is 0.354 e. The Morgan fingerprint density at radius 3 is 2.64 bits per heavy atom. The summed E-state index contributed by atoms with van der Waals surface area (Å²) < 4.78 is 0. The third-order valence-corrected chi connectivity index (χ3v) is 2.77. The minimum atomic E-state index is 0. The van der Waals surface area contributed by atoms with Crippen molar-refractivity contribution < 1.29 is 4.79 Å². The van der Waals surface area contributed by atoms with E-state index in [2.05, 4.69) is 31.4 Å². The Hall–Kier alpha value is 0.0700. The molecule has 0 spiro atoms. The number of rotatable bonds is 2. The van der Waals surface area contributed by atoms with Gasteiger partial charge in [0.2, 0.25) is 5.91 Å². The SMILES string of the molecule is CC(C)(C)CNC(=O)C1CSCN1.Cl. The van der Waals surface area contributed by atoms with Gasteiger partial charge in [-0.2, -0.15) is 0 Å². The smallest absolute Gasteiger partial charge is 0.238 e. The molecule has 1 unspecified atom stereocenters. The Morgan fingerprint density at radius 2 is 2.21 bits per heavy atom. The number of carbonyl (C=O) groups is 1. The zero-order valence-corrected chi connectivity index (χ0v) is 10.6. The van der Waals surface area contributed by atoms with Gasteiger partial charge in [-0.05, 0) is 5.41 Å². The predicted octanol–water partition coefficient (Wildman–Crippen LogP) is 1.23. The summed E-state index contributed by atoms with van der Waals surface area (Å²) in [6.07, 6.45) is 0. The molecule has 1 aliphatic rings. The minimum absolute atomic E-state index is 0. The Labute approximate surface area is 96.2 Å². The maximum atomic E-state index is 11.5. The van der Waals surface area contributed by atoms with Gasteiger partial charge in [0.25, 0.3) is 0 Å². The van der Waals surface area contributed by atoms with Gasteiger partial charge in [0.05, 0.1) is 6.04 Å². The molecule has 0 aromatic heterocycles. The maximum absolute atomic E-state index is 11.5. The molecule has 5 heteroatoms. The van der Waals surface area contributed by atoms with Crippen molar-refractivity contribution >= 4 is 30.1 Å². The van der Waals surface area contributed by atoms with Crippen LogP contribution in [0, 0.1) is 5.41 Å². The fourth-order valence-electron chi connectivity index (χ4n) is 1.04. The highest BCUT2D eigenvalue weighted by Gasteiger charge is 2.23. The quantitative estimate of drug-likeness (QED) is 0.761. The van der Waals surface area contributed by atoms with Gasteiger partial charge in [-0.15, -0.1) is 24.2 Å². The zero-order valence-electron chi connectivity index (χ0n) is 8.92. The number of hydrogen-bond donors (Lipinski definition) is 2. The van der Waals surface area contributed by atoms with Crippen molar-refractivity contribution in [2.24, 2.45) is 5.41 Å². The molecule has 0 aromatic rings. The second kappa shape index (κ2) is 5.83. The van der Waals surface area contributed by atoms with Gasteiger partial charge in [0.1, 0.15) is 0 Å². The number of halogens is 1. The van der Waals surface area contributed by atoms with Gasteiger partial charge in [0, 0.05) is 18.2 Å². The predicted molar refractivity (Wildman–Crippen MR) is 64.0 cm³/mol. The number of thioether (sulfide) groups is 1. The van der Waals surface area contributed by atoms with Gasteiger partial charge in [-0.3, -0.25) is 10.1 Å². The third kappa shape index (κ3) is 5.08. The average Bonchev–Trinajstić information content (AvgIpc) is 2.50. The van der Waals surface area contributed by atoms with Crippen molar-refractivity contribution in [1.82, 2.24) is 10.6 Å². The van der Waals surface area contributed by atoms with E-state index in [1.54, 1.807) is 11.8 Å². The minimum Gasteiger partial charge on any atom is -0.354 e. The van der Waals surface area contributed by atoms with E-state index in [1.165, 1.54) is 0 Å². The molecule has 0 bridgehead atoms. The van der Waals surface area contributed by atoms with Crippen molar-refractivity contribution in [3.8, 4) is 0 Å². The summed E-state index contributed by atoms with van der Waals surface area (Å²) in [5.74, 6) is 1.93. The molecule has 0 saturated carbocycles. The fourth-order valence-corrected chi connectivity index (χ4v) is 1.98. The number of hydrogen-bond acceptors (Lipinski definition) is 3. The van der Waals surface area contributed by atoms with E-state index < -0.39 is 0 Å². The summed E-state index contributed by atoms with van der Waals surface area (Å²) in [5.41, 5.74) is 0.168. The lowest BCUT2D eigenvalue weighted by atomic mass is 9.97. The Kier molecular flexibility index (Phi) is 5.86. The van der Waals surface area contributed by atoms with Gasteiger partial charge >= 0.3 is 0 Å². The summed E-state index contributed by atoms with van der Waals surface area (Å²) in [7, 11) is 0. The molecule has 1 aliphatic heterocycles. The zero-order chi connectivity index (χ0) is 9.90. The summed E-state index contributed by atoms with van der Waals surface area (Å²) in [6.45, 7) is 7.09. The third-order valence-electron chi connectivity index (χ3n) is 1.83. The Balaban J connectivity index is 0.00000169. The van der Waals surface area contributed by atoms with Crippen LogP contribution in [0.1, 0.15) is 20.8 Å². The van der Waals surface area contributed by atoms with Crippen LogP contribution < -0.4 is 10.6 Å². The fraction of sp³-hybridized carbons (Fsp3) is 0.889. The van der Waals surface area contributed by atoms with Crippen LogP contribution in [0.4, 0.5) is 0 Å². The van der Waals surface area contributed by atoms with Crippen LogP contribution in [0.2, 0.25) is 0 Å². The first-order chi connectivity index (χ1) is 5.99. The standard InChI is InChI=1S/C9H18N2OS.ClH/c1-9(2,3)5-10-8(12)7-4-13-6-11-7;/h7,11H,4-6H2,1-3H3,(H,10,12);1H. The molecule has 1 atom stereocenters. The molecule has 1 fully saturated rings. The van der Waals surface area contributed by atoms with Crippen molar-refractivity contribution in [2.75, 3.05) is 18.2 Å². The van der Waals surface area contributed by atoms with E-state index in [-0.39, 0.29) is 29.8 Å². The first-order valence-corrected chi connectivity index (χ1v) is 5.73. The second-order valence-corrected chi connectivity index (χ2v) is 5.58. The van der Waals surface area contributed by atoms with Crippen LogP contribution in [-0.2, 0) is 4.79 Å². The molecule has 84 valence electrons. The average molecular weight is 239 g/mol. The van der Waals surface area contributed by atoms with Crippen molar-refractivity contribution in [2.45, 2.75) is 26.8 Å². The lowest BCUT2D eigenvalue weighted by molar-refractivity contribution is -0.122. The van der Waals surface area contributed by atoms with Gasteiger partial charge in [-0.25, -0.2) is 0 Å². The first kappa shape index (κ1) is 14.1. The maximum Gasteiger partial charge on any atom is 0.238 e. The van der Waals surface area contributed by atoms with Crippen LogP contribution in [-0.4, -0.2) is 30.1 Å². The molecule has 1 amide bonds. The molecule has 0 aliphatic carbocycles. The molecular formula is C9H19ClN2OS. The molecule has 1 saturated heterocycles. The lowest BCUT2D eigenvalue weighted by Gasteiger charge is -2.20. The monoisotopic (exact) mass is 238 g/mol. The highest BCUT2D eigenvalue weighted by Crippen LogP contribution is 2.12. The Bertz CT molecular complexity index is 188. The van der Waals surface area contributed by atoms with Gasteiger partial charge in [-0.1, -0.05) is 20.8 Å². The molecule has 3 nitrogen and oxygen atoms in total. The topological polar surface area (TPSA) is 41.1 Å². The summed E-state index contributed by atoms with van der Waals surface area (Å²) >= 11 is 1.77. The Morgan fingerprint density at radius 1 is 1.57 bits per heavy atom. The molecule has 0 aromatic carbocycles. The van der Waals surface area contributed by atoms with Crippen LogP contribution >= 0.6 is 24.2 Å². The highest BCUT2D eigenvalue weighted by molar-refractivity contribution is 7.99. The van der Waals surface area contributed by atoms with Crippen LogP contribution in [0.5, 0.6) is 0 Å². The van der Waals surface area contributed by atoms with E-state index in [1.807, 2.05) is 0 Å². The van der Waals surface area contributed by atoms with Crippen LogP contribution in [0.25, 0.3) is 0 Å². The lowest BCUT2D eigenvalue weighted by Crippen LogP contribution is -2.44. The summed E-state index contributed by atoms with van der Waals surface area (Å²) in [4.78, 5) is 11.5. The molecule has 1 rings (SSSR count). The van der Waals surface area contributed by atoms with E-state index >= 15 is 0 Å². The molecule has 0 radical (unpaired) electrons. The highest BCUT2D eigenvalue weighted by atomic mass is 35.5. The van der Waals surface area contributed by atoms with E-state index in [4.69, 9.17) is 0 Å². The first-order valence-electron chi connectivity index (χ1n) is 4.58. The van der Waals surface area contributed by atoms with Crippen LogP contribution in [0.15, 0.2) is 0 Å². The normalized spacial score (nSPS) is 21.5. The van der Waals surface area contributed by atoms with Crippen LogP contribution in [0.3, 0.4) is 0 Å². The number of carbonyl (C=O) groups excluding carboxylic acids is 1. The van der Waals surface area contributed by atoms with Gasteiger partial charge < -0.3 is 5.32 Å². The number of amides is 1. The number of nitrogens with one attached hydrogen (secondary N) is 2.